The van der Waals surface area contributed by atoms with Crippen molar-refractivity contribution in [2.45, 2.75) is 40.8 Å². The van der Waals surface area contributed by atoms with Crippen LogP contribution in [0.5, 0.6) is 11.5 Å². The van der Waals surface area contributed by atoms with Gasteiger partial charge in [0.05, 0.1) is 50.4 Å². The van der Waals surface area contributed by atoms with E-state index in [-0.39, 0.29) is 0 Å². The van der Waals surface area contributed by atoms with Crippen LogP contribution >= 0.6 is 0 Å². The molecule has 0 radical (unpaired) electrons. The topological polar surface area (TPSA) is 52.8 Å². The molecule has 6 heteroatoms. The lowest BCUT2D eigenvalue weighted by atomic mass is 10.2. The predicted molar refractivity (Wildman–Crippen MR) is 123 cm³/mol. The standard InChI is InChI=1S/C24H34N4O2/c1-5-27(6-2)15-16-28-21-12-10-9-11-20(21)26-24(28)25-18-19-13-14-22(29-7-3)23(17-19)30-8-4/h9-14,17H,5-8,15-16,18H2,1-4H3,(H,25,26)/p+1. The number of para-hydroxylation sites is 2. The highest BCUT2D eigenvalue weighted by molar-refractivity contribution is 5.78. The van der Waals surface area contributed by atoms with Gasteiger partial charge in [0, 0.05) is 6.54 Å². The molecule has 2 aromatic carbocycles. The molecule has 3 aromatic rings. The minimum Gasteiger partial charge on any atom is -0.490 e. The fourth-order valence-electron chi connectivity index (χ4n) is 3.70. The van der Waals surface area contributed by atoms with Crippen molar-refractivity contribution in [3.63, 3.8) is 0 Å². The van der Waals surface area contributed by atoms with Gasteiger partial charge in [-0.1, -0.05) is 18.2 Å². The first-order chi connectivity index (χ1) is 14.7. The fourth-order valence-corrected chi connectivity index (χ4v) is 3.70. The third kappa shape index (κ3) is 5.25. The lowest BCUT2D eigenvalue weighted by Gasteiger charge is -2.17. The lowest BCUT2D eigenvalue weighted by molar-refractivity contribution is -0.897. The summed E-state index contributed by atoms with van der Waals surface area (Å²) in [6, 6.07) is 14.5. The second-order valence-electron chi connectivity index (χ2n) is 7.28. The number of imidazole rings is 1. The molecule has 0 fully saturated rings. The Bertz CT molecular complexity index is 934. The first-order valence-electron chi connectivity index (χ1n) is 11.1. The number of benzene rings is 2. The van der Waals surface area contributed by atoms with Crippen molar-refractivity contribution in [2.24, 2.45) is 0 Å². The number of aromatic nitrogens is 2. The summed E-state index contributed by atoms with van der Waals surface area (Å²) in [4.78, 5) is 6.44. The third-order valence-corrected chi connectivity index (χ3v) is 5.40. The molecule has 0 bridgehead atoms. The molecule has 1 aromatic heterocycles. The first-order valence-corrected chi connectivity index (χ1v) is 11.1. The quantitative estimate of drug-likeness (QED) is 0.480. The van der Waals surface area contributed by atoms with E-state index in [4.69, 9.17) is 14.5 Å². The van der Waals surface area contributed by atoms with Gasteiger partial charge >= 0.3 is 0 Å². The second-order valence-corrected chi connectivity index (χ2v) is 7.28. The van der Waals surface area contributed by atoms with Crippen molar-refractivity contribution in [3.05, 3.63) is 48.0 Å². The summed E-state index contributed by atoms with van der Waals surface area (Å²) < 4.78 is 13.7. The number of hydrogen-bond donors (Lipinski definition) is 2. The Hall–Kier alpha value is -2.73. The van der Waals surface area contributed by atoms with Crippen LogP contribution in [0.1, 0.15) is 33.3 Å². The molecular formula is C24H35N4O2+. The van der Waals surface area contributed by atoms with E-state index in [9.17, 15) is 0 Å². The summed E-state index contributed by atoms with van der Waals surface area (Å²) in [5, 5.41) is 3.55. The number of ether oxygens (including phenoxy) is 2. The lowest BCUT2D eigenvalue weighted by Crippen LogP contribution is -3.11. The Morgan fingerprint density at radius 2 is 1.67 bits per heavy atom. The van der Waals surface area contributed by atoms with Gasteiger partial charge in [-0.25, -0.2) is 4.98 Å². The van der Waals surface area contributed by atoms with E-state index in [2.05, 4.69) is 54.1 Å². The number of nitrogens with zero attached hydrogens (tertiary/aromatic N) is 2. The van der Waals surface area contributed by atoms with Crippen molar-refractivity contribution in [3.8, 4) is 11.5 Å². The SMILES string of the molecule is CCOc1ccc(CNc2nc3ccccc3n2CC[NH+](CC)CC)cc1OCC. The number of fused-ring (bicyclic) bond motifs is 1. The second kappa shape index (κ2) is 10.9. The third-order valence-electron chi connectivity index (χ3n) is 5.40. The molecular weight excluding hydrogens is 376 g/mol. The molecule has 0 atom stereocenters. The van der Waals surface area contributed by atoms with E-state index in [1.54, 1.807) is 4.90 Å². The molecule has 0 spiro atoms. The van der Waals surface area contributed by atoms with Gasteiger partial charge in [0.25, 0.3) is 0 Å². The van der Waals surface area contributed by atoms with Crippen LogP contribution in [0.4, 0.5) is 5.95 Å². The van der Waals surface area contributed by atoms with E-state index >= 15 is 0 Å². The van der Waals surface area contributed by atoms with Crippen LogP contribution in [-0.2, 0) is 13.1 Å². The zero-order valence-corrected chi connectivity index (χ0v) is 18.7. The zero-order valence-electron chi connectivity index (χ0n) is 18.7. The van der Waals surface area contributed by atoms with Crippen LogP contribution in [0.2, 0.25) is 0 Å². The Balaban J connectivity index is 1.80. The van der Waals surface area contributed by atoms with Crippen LogP contribution in [0.15, 0.2) is 42.5 Å². The van der Waals surface area contributed by atoms with Gasteiger partial charge in [-0.2, -0.15) is 0 Å². The van der Waals surface area contributed by atoms with Crippen LogP contribution in [-0.4, -0.2) is 42.4 Å². The molecule has 0 aliphatic heterocycles. The summed E-state index contributed by atoms with van der Waals surface area (Å²) in [6.07, 6.45) is 0. The Morgan fingerprint density at radius 3 is 2.40 bits per heavy atom. The number of hydrogen-bond acceptors (Lipinski definition) is 4. The fraction of sp³-hybridized carbons (Fsp3) is 0.458. The number of quaternary nitrogens is 1. The van der Waals surface area contributed by atoms with Gasteiger partial charge in [0.1, 0.15) is 0 Å². The maximum absolute atomic E-state index is 5.77. The van der Waals surface area contributed by atoms with E-state index in [1.807, 2.05) is 26.0 Å². The zero-order chi connectivity index (χ0) is 21.3. The van der Waals surface area contributed by atoms with Crippen molar-refractivity contribution < 1.29 is 14.4 Å². The normalized spacial score (nSPS) is 11.2. The maximum atomic E-state index is 5.77. The molecule has 162 valence electrons. The Labute approximate surface area is 179 Å². The smallest absolute Gasteiger partial charge is 0.204 e. The molecule has 0 unspecified atom stereocenters. The minimum absolute atomic E-state index is 0.612. The summed E-state index contributed by atoms with van der Waals surface area (Å²) in [6.45, 7) is 14.7. The number of anilines is 1. The highest BCUT2D eigenvalue weighted by Crippen LogP contribution is 2.29. The molecule has 1 heterocycles. The average molecular weight is 412 g/mol. The number of nitrogens with one attached hydrogen (secondary N) is 2. The van der Waals surface area contributed by atoms with Gasteiger partial charge in [-0.3, -0.25) is 0 Å². The molecule has 6 nitrogen and oxygen atoms in total. The predicted octanol–water partition coefficient (Wildman–Crippen LogP) is 3.37. The van der Waals surface area contributed by atoms with Crippen molar-refractivity contribution in [2.75, 3.05) is 38.2 Å². The largest absolute Gasteiger partial charge is 0.490 e. The molecule has 0 saturated carbocycles. The van der Waals surface area contributed by atoms with E-state index < -0.39 is 0 Å². The number of likely N-dealkylation sites (N-methyl/N-ethyl adjacent to an activating group) is 1. The van der Waals surface area contributed by atoms with Gasteiger partial charge in [-0.05, 0) is 57.5 Å². The highest BCUT2D eigenvalue weighted by Gasteiger charge is 2.13. The highest BCUT2D eigenvalue weighted by atomic mass is 16.5. The van der Waals surface area contributed by atoms with Crippen LogP contribution in [0.3, 0.4) is 0 Å². The summed E-state index contributed by atoms with van der Waals surface area (Å²) >= 11 is 0. The van der Waals surface area contributed by atoms with Gasteiger partial charge in [0.2, 0.25) is 5.95 Å². The molecule has 0 amide bonds. The average Bonchev–Trinajstić information content (AvgIpc) is 3.12. The molecule has 0 aliphatic carbocycles. The van der Waals surface area contributed by atoms with Crippen LogP contribution in [0.25, 0.3) is 11.0 Å². The van der Waals surface area contributed by atoms with Gasteiger partial charge in [0.15, 0.2) is 11.5 Å². The summed E-state index contributed by atoms with van der Waals surface area (Å²) in [5.74, 6) is 2.49. The molecule has 0 saturated heterocycles. The summed E-state index contributed by atoms with van der Waals surface area (Å²) in [5.41, 5.74) is 3.33. The number of rotatable bonds is 12. The Kier molecular flexibility index (Phi) is 7.97. The monoisotopic (exact) mass is 411 g/mol. The van der Waals surface area contributed by atoms with E-state index in [1.165, 1.54) is 5.52 Å². The van der Waals surface area contributed by atoms with Crippen molar-refractivity contribution in [1.29, 1.82) is 0 Å². The van der Waals surface area contributed by atoms with Crippen molar-refractivity contribution >= 4 is 17.0 Å². The van der Waals surface area contributed by atoms with Gasteiger partial charge < -0.3 is 24.3 Å². The first kappa shape index (κ1) is 22.0. The maximum Gasteiger partial charge on any atom is 0.204 e. The molecule has 3 rings (SSSR count). The van der Waals surface area contributed by atoms with Crippen LogP contribution in [0, 0.1) is 0 Å². The minimum atomic E-state index is 0.612. The van der Waals surface area contributed by atoms with E-state index in [0.29, 0.717) is 19.8 Å². The van der Waals surface area contributed by atoms with Gasteiger partial charge in [-0.15, -0.1) is 0 Å². The molecule has 0 aliphatic rings. The van der Waals surface area contributed by atoms with E-state index in [0.717, 1.165) is 54.7 Å². The van der Waals surface area contributed by atoms with Crippen molar-refractivity contribution in [1.82, 2.24) is 9.55 Å². The van der Waals surface area contributed by atoms with Crippen LogP contribution < -0.4 is 19.7 Å². The Morgan fingerprint density at radius 1 is 0.933 bits per heavy atom. The molecule has 30 heavy (non-hydrogen) atoms. The summed E-state index contributed by atoms with van der Waals surface area (Å²) in [7, 11) is 0. The molecule has 2 N–H and O–H groups in total.